The Balaban J connectivity index is 0.000000110. The summed E-state index contributed by atoms with van der Waals surface area (Å²) in [7, 11) is 0. The highest BCUT2D eigenvalue weighted by atomic mass is 15.2. The fourth-order valence-electron chi connectivity index (χ4n) is 10.0. The van der Waals surface area contributed by atoms with Gasteiger partial charge in [0.25, 0.3) is 0 Å². The van der Waals surface area contributed by atoms with Crippen LogP contribution in [0.25, 0.3) is 112 Å². The van der Waals surface area contributed by atoms with E-state index in [0.717, 1.165) is 94.3 Å². The summed E-state index contributed by atoms with van der Waals surface area (Å²) in [4.78, 5) is 108. The molecule has 31 heteroatoms. The maximum atomic E-state index is 4.73. The maximum absolute atomic E-state index is 4.73. The van der Waals surface area contributed by atoms with Gasteiger partial charge >= 0.3 is 0 Å². The van der Waals surface area contributed by atoms with E-state index >= 15 is 0 Å². The largest absolute Gasteiger partial charge is 0.321 e. The predicted octanol–water partition coefficient (Wildman–Crippen LogP) is 10.6. The number of hydrogen-bond donors (Lipinski definition) is 2. The lowest BCUT2D eigenvalue weighted by Crippen LogP contribution is -2.04. The molecule has 0 aliphatic carbocycles. The van der Waals surface area contributed by atoms with Crippen molar-refractivity contribution in [3.63, 3.8) is 0 Å². The molecule has 12 aromatic heterocycles. The minimum absolute atomic E-state index is 0.359. The molecule has 31 nitrogen and oxygen atoms in total. The Morgan fingerprint density at radius 2 is 0.558 bits per heavy atom. The minimum Gasteiger partial charge on any atom is -0.321 e. The number of nitrogens with one attached hydrogen (secondary N) is 2. The van der Waals surface area contributed by atoms with E-state index in [1.807, 2.05) is 170 Å². The molecule has 0 bridgehead atoms. The Morgan fingerprint density at radius 3 is 0.952 bits per heavy atom. The average Bonchev–Trinajstić information content (AvgIpc) is 0.783. The van der Waals surface area contributed by atoms with E-state index in [-0.39, 0.29) is 0 Å². The van der Waals surface area contributed by atoms with E-state index in [4.69, 9.17) is 29.9 Å². The van der Waals surface area contributed by atoms with Crippen LogP contribution in [0, 0.1) is 0 Å². The second-order valence-electron chi connectivity index (χ2n) is 21.9. The van der Waals surface area contributed by atoms with Gasteiger partial charge in [-0.25, -0.2) is 89.7 Å². The van der Waals surface area contributed by atoms with Gasteiger partial charge in [0.05, 0.1) is 144 Å². The third-order valence-corrected chi connectivity index (χ3v) is 14.8. The lowest BCUT2D eigenvalue weighted by molar-refractivity contribution is 0.877. The van der Waals surface area contributed by atoms with E-state index in [2.05, 4.69) is 126 Å². The molecule has 0 saturated carbocycles. The number of aromatic nitrogens is 29. The summed E-state index contributed by atoms with van der Waals surface area (Å²) in [6.07, 6.45) is 24.8. The van der Waals surface area contributed by atoms with Crippen LogP contribution in [0.5, 0.6) is 0 Å². The van der Waals surface area contributed by atoms with Crippen molar-refractivity contribution < 1.29 is 0 Å². The molecule has 0 atom stereocenters. The topological polar surface area (TPSA) is 398 Å². The molecule has 7 aromatic carbocycles. The highest BCUT2D eigenvalue weighted by molar-refractivity contribution is 5.81. The lowest BCUT2D eigenvalue weighted by atomic mass is 10.2. The summed E-state index contributed by atoms with van der Waals surface area (Å²) in [5.74, 6) is 3.99. The van der Waals surface area contributed by atoms with E-state index in [1.165, 1.54) is 38.0 Å². The molecular formula is C73H49N31. The summed E-state index contributed by atoms with van der Waals surface area (Å²) >= 11 is 0. The molecule has 496 valence electrons. The quantitative estimate of drug-likeness (QED) is 0.121. The van der Waals surface area contributed by atoms with Crippen LogP contribution in [-0.2, 0) is 12.8 Å². The van der Waals surface area contributed by atoms with Crippen molar-refractivity contribution in [2.45, 2.75) is 12.8 Å². The summed E-state index contributed by atoms with van der Waals surface area (Å²) in [6, 6.07) is 53.8. The first-order valence-electron chi connectivity index (χ1n) is 31.8. The van der Waals surface area contributed by atoms with Crippen molar-refractivity contribution in [2.24, 2.45) is 0 Å². The summed E-state index contributed by atoms with van der Waals surface area (Å²) < 4.78 is 0. The van der Waals surface area contributed by atoms with Crippen LogP contribution in [-0.4, -0.2) is 145 Å². The van der Waals surface area contributed by atoms with Gasteiger partial charge in [-0.2, -0.15) is 5.10 Å². The summed E-state index contributed by atoms with van der Waals surface area (Å²) in [5.41, 5.74) is 15.6. The smallest absolute Gasteiger partial charge is 0.231 e. The van der Waals surface area contributed by atoms with Crippen molar-refractivity contribution in [3.05, 3.63) is 286 Å². The second-order valence-corrected chi connectivity index (χ2v) is 21.9. The predicted molar refractivity (Wildman–Crippen MR) is 385 cm³/mol. The molecule has 0 saturated heterocycles. The van der Waals surface area contributed by atoms with Crippen LogP contribution in [0.1, 0.15) is 22.9 Å². The molecule has 0 radical (unpaired) electrons. The van der Waals surface area contributed by atoms with Gasteiger partial charge in [0.15, 0.2) is 34.9 Å². The second kappa shape index (κ2) is 31.4. The molecule has 0 amide bonds. The van der Waals surface area contributed by atoms with E-state index in [9.17, 15) is 0 Å². The van der Waals surface area contributed by atoms with Gasteiger partial charge in [0.2, 0.25) is 5.95 Å². The molecule has 2 N–H and O–H groups in total. The minimum atomic E-state index is 0.359. The van der Waals surface area contributed by atoms with Crippen LogP contribution < -0.4 is 10.6 Å². The van der Waals surface area contributed by atoms with E-state index in [1.54, 1.807) is 55.8 Å². The van der Waals surface area contributed by atoms with Crippen molar-refractivity contribution in [2.75, 3.05) is 10.6 Å². The monoisotopic (exact) mass is 1360 g/mol. The van der Waals surface area contributed by atoms with Crippen molar-refractivity contribution in [3.8, 4) is 34.6 Å². The van der Waals surface area contributed by atoms with Gasteiger partial charge < -0.3 is 10.6 Å². The third-order valence-electron chi connectivity index (χ3n) is 14.8. The lowest BCUT2D eigenvalue weighted by Gasteiger charge is -2.08. The van der Waals surface area contributed by atoms with Gasteiger partial charge in [-0.3, -0.25) is 34.9 Å². The highest BCUT2D eigenvalue weighted by Gasteiger charge is 2.18. The van der Waals surface area contributed by atoms with Gasteiger partial charge in [-0.1, -0.05) is 84.9 Å². The SMILES string of the molecule is c1ccc2nc(-c3nc(-c4cnc5ccccc5n4)nc(-c4cnc5ccccc5n4)n3)cnc2c1.c1ccc2nc(Cc3cncnn3)cnc2c1.c1ccc2nc(Cc3ncncn3)cnc2c1.c1ccc2nc(Nc3cncnn3)cnc2c1.c1ccc2nc(Nc3ncncn3)cnc2c1. The van der Waals surface area contributed by atoms with E-state index < -0.39 is 0 Å². The Kier molecular flexibility index (Phi) is 19.5. The number of fused-ring (bicyclic) bond motifs is 7. The van der Waals surface area contributed by atoms with Gasteiger partial charge in [-0.05, 0) is 84.9 Å². The number of anilines is 4. The Hall–Kier alpha value is -15.4. The van der Waals surface area contributed by atoms with Crippen molar-refractivity contribution in [1.82, 2.24) is 145 Å². The van der Waals surface area contributed by atoms with Gasteiger partial charge in [-0.15, -0.1) is 15.3 Å². The first-order chi connectivity index (χ1) is 51.5. The molecular weight excluding hydrogens is 1310 g/mol. The molecule has 0 aliphatic heterocycles. The van der Waals surface area contributed by atoms with Gasteiger partial charge in [0, 0.05) is 18.8 Å². The number of para-hydroxylation sites is 14. The normalized spacial score (nSPS) is 10.8. The zero-order chi connectivity index (χ0) is 69.9. The van der Waals surface area contributed by atoms with Crippen molar-refractivity contribution >= 4 is 101 Å². The zero-order valence-corrected chi connectivity index (χ0v) is 54.2. The number of hydrogen-bond acceptors (Lipinski definition) is 31. The third kappa shape index (κ3) is 16.4. The summed E-state index contributed by atoms with van der Waals surface area (Å²) in [5, 5.41) is 21.2. The molecule has 104 heavy (non-hydrogen) atoms. The van der Waals surface area contributed by atoms with Crippen LogP contribution in [0.3, 0.4) is 0 Å². The standard InChI is InChI=1S/C27H15N9.2C12H9N5.2C11H8N6/c1-4-10-19-16(7-1)28-13-22(31-19)25-34-26(23-14-29-17-8-2-5-11-20(17)32-23)36-27(35-25)24-15-30-18-9-3-6-12-21(18)33-24;1-2-4-12-11(3-1)14-7-9(16-12)5-10-6-13-8-15-17-10;1-2-4-11-10(3-1)14-6-9(17-11)5-12-15-7-13-8-16-12;1-2-4-9-8(3-1)13-6-10(15-9)16-11-5-12-7-14-17-11;1-2-4-9-8(3-1)13-5-10(16-9)17-11-14-6-12-7-15-11/h1-15H;2*1-4,6-8H,5H2;1-7H,(H,15,16,17);1-7H,(H,12,14,15,16,17). The van der Waals surface area contributed by atoms with Gasteiger partial charge in [0.1, 0.15) is 60.9 Å². The summed E-state index contributed by atoms with van der Waals surface area (Å²) in [6.45, 7) is 0. The number of rotatable bonds is 11. The molecule has 19 aromatic rings. The average molecular weight is 1360 g/mol. The maximum Gasteiger partial charge on any atom is 0.231 e. The number of benzene rings is 7. The molecule has 12 heterocycles. The van der Waals surface area contributed by atoms with Crippen LogP contribution in [0.4, 0.5) is 23.4 Å². The molecule has 0 aliphatic rings. The Morgan fingerprint density at radius 1 is 0.221 bits per heavy atom. The fraction of sp³-hybridized carbons (Fsp3) is 0.0274. The molecule has 0 fully saturated rings. The molecule has 19 rings (SSSR count). The Labute approximate surface area is 587 Å². The Bertz CT molecular complexity index is 5420. The highest BCUT2D eigenvalue weighted by Crippen LogP contribution is 2.26. The first-order valence-corrected chi connectivity index (χ1v) is 31.8. The van der Waals surface area contributed by atoms with Crippen LogP contribution in [0.15, 0.2) is 264 Å². The van der Waals surface area contributed by atoms with Crippen LogP contribution >= 0.6 is 0 Å². The molecule has 0 spiro atoms. The first kappa shape index (κ1) is 64.6. The van der Waals surface area contributed by atoms with E-state index in [0.29, 0.717) is 76.6 Å². The fourth-order valence-corrected chi connectivity index (χ4v) is 10.0. The number of nitrogens with zero attached hydrogens (tertiary/aromatic N) is 29. The zero-order valence-electron chi connectivity index (χ0n) is 54.2. The van der Waals surface area contributed by atoms with Crippen molar-refractivity contribution in [1.29, 1.82) is 0 Å². The molecule has 0 unspecified atom stereocenters. The van der Waals surface area contributed by atoms with Crippen LogP contribution in [0.2, 0.25) is 0 Å².